The molecular weight excluding hydrogens is 761 g/mol. The summed E-state index contributed by atoms with van der Waals surface area (Å²) in [5, 5.41) is 5.03. The predicted octanol–water partition coefficient (Wildman–Crippen LogP) is 17.1. The average Bonchev–Trinajstić information content (AvgIpc) is 3.78. The van der Waals surface area contributed by atoms with Crippen molar-refractivity contribution in [3.05, 3.63) is 241 Å². The first kappa shape index (κ1) is 36.9. The summed E-state index contributed by atoms with van der Waals surface area (Å²) in [5.74, 6) is 0. The largest absolute Gasteiger partial charge is 0.310 e. The maximum absolute atomic E-state index is 2.43. The second kappa shape index (κ2) is 14.6. The Bertz CT molecular complexity index is 3350. The number of fused-ring (bicyclic) bond motifs is 7. The monoisotopic (exact) mass is 804 g/mol. The molecule has 0 aromatic heterocycles. The van der Waals surface area contributed by atoms with Crippen molar-refractivity contribution < 1.29 is 0 Å². The molecule has 0 fully saturated rings. The Hall–Kier alpha value is -7.94. The zero-order chi connectivity index (χ0) is 42.1. The van der Waals surface area contributed by atoms with Crippen LogP contribution in [0.4, 0.5) is 34.1 Å². The Labute approximate surface area is 369 Å². The maximum atomic E-state index is 2.43. The highest BCUT2D eigenvalue weighted by Crippen LogP contribution is 2.53. The molecule has 0 N–H and O–H groups in total. The molecule has 0 bridgehead atoms. The highest BCUT2D eigenvalue weighted by molar-refractivity contribution is 6.19. The summed E-state index contributed by atoms with van der Waals surface area (Å²) in [6.07, 6.45) is 4.50. The summed E-state index contributed by atoms with van der Waals surface area (Å²) in [5.41, 5.74) is 19.6. The molecule has 0 spiro atoms. The van der Waals surface area contributed by atoms with Gasteiger partial charge in [0.05, 0.1) is 5.69 Å². The van der Waals surface area contributed by atoms with Gasteiger partial charge in [0.1, 0.15) is 0 Å². The van der Waals surface area contributed by atoms with E-state index in [1.54, 1.807) is 0 Å². The molecule has 2 nitrogen and oxygen atoms in total. The molecule has 2 aliphatic carbocycles. The molecule has 2 heteroatoms. The third-order valence-corrected chi connectivity index (χ3v) is 13.3. The average molecular weight is 805 g/mol. The van der Waals surface area contributed by atoms with E-state index in [4.69, 9.17) is 0 Å². The number of benzene rings is 10. The van der Waals surface area contributed by atoms with Crippen molar-refractivity contribution >= 4 is 67.8 Å². The van der Waals surface area contributed by atoms with E-state index >= 15 is 0 Å². The molecule has 0 saturated heterocycles. The van der Waals surface area contributed by atoms with E-state index in [1.807, 2.05) is 0 Å². The highest BCUT2D eigenvalue weighted by Gasteiger charge is 2.36. The number of hydrogen-bond acceptors (Lipinski definition) is 2. The Kier molecular flexibility index (Phi) is 8.55. The van der Waals surface area contributed by atoms with Crippen LogP contribution in [-0.4, -0.2) is 0 Å². The van der Waals surface area contributed by atoms with Gasteiger partial charge >= 0.3 is 0 Å². The fraction of sp³-hybridized carbons (Fsp3) is 0.0492. The number of hydrogen-bond donors (Lipinski definition) is 0. The fourth-order valence-electron chi connectivity index (χ4n) is 10.2. The van der Waals surface area contributed by atoms with Crippen molar-refractivity contribution in [1.29, 1.82) is 0 Å². The smallest absolute Gasteiger partial charge is 0.0540 e. The molecule has 0 saturated carbocycles. The molecule has 0 aliphatic heterocycles. The number of anilines is 6. The van der Waals surface area contributed by atoms with Gasteiger partial charge in [-0.15, -0.1) is 0 Å². The van der Waals surface area contributed by atoms with Crippen LogP contribution in [0.2, 0.25) is 0 Å². The number of rotatable bonds is 8. The highest BCUT2D eigenvalue weighted by atomic mass is 15.1. The second-order valence-electron chi connectivity index (χ2n) is 17.4. The zero-order valence-electron chi connectivity index (χ0n) is 35.3. The normalized spacial score (nSPS) is 13.0. The van der Waals surface area contributed by atoms with E-state index < -0.39 is 0 Å². The molecule has 63 heavy (non-hydrogen) atoms. The molecule has 0 heterocycles. The first-order chi connectivity index (χ1) is 31.0. The summed E-state index contributed by atoms with van der Waals surface area (Å²) in [4.78, 5) is 4.78. The van der Waals surface area contributed by atoms with E-state index in [0.29, 0.717) is 0 Å². The van der Waals surface area contributed by atoms with Crippen LogP contribution in [0.25, 0.3) is 67.1 Å². The molecule has 2 aliphatic rings. The topological polar surface area (TPSA) is 6.48 Å². The lowest BCUT2D eigenvalue weighted by Crippen LogP contribution is -2.16. The predicted molar refractivity (Wildman–Crippen MR) is 268 cm³/mol. The summed E-state index contributed by atoms with van der Waals surface area (Å²) >= 11 is 0. The summed E-state index contributed by atoms with van der Waals surface area (Å²) in [6.45, 7) is 4.73. The van der Waals surface area contributed by atoms with Crippen molar-refractivity contribution in [3.8, 4) is 33.4 Å². The van der Waals surface area contributed by atoms with Crippen LogP contribution in [0.3, 0.4) is 0 Å². The number of para-hydroxylation sites is 2. The lowest BCUT2D eigenvalue weighted by Gasteiger charge is -2.28. The Morgan fingerprint density at radius 3 is 1.57 bits per heavy atom. The minimum atomic E-state index is -0.164. The van der Waals surface area contributed by atoms with E-state index in [-0.39, 0.29) is 5.41 Å². The fourth-order valence-corrected chi connectivity index (χ4v) is 10.2. The van der Waals surface area contributed by atoms with Gasteiger partial charge in [0.2, 0.25) is 0 Å². The molecule has 0 atom stereocenters. The van der Waals surface area contributed by atoms with Gasteiger partial charge in [-0.25, -0.2) is 0 Å². The third-order valence-electron chi connectivity index (χ3n) is 13.3. The molecule has 0 amide bonds. The van der Waals surface area contributed by atoms with Crippen LogP contribution in [-0.2, 0) is 5.41 Å². The van der Waals surface area contributed by atoms with Crippen molar-refractivity contribution in [2.45, 2.75) is 19.3 Å². The van der Waals surface area contributed by atoms with Gasteiger partial charge in [0.15, 0.2) is 0 Å². The zero-order valence-corrected chi connectivity index (χ0v) is 35.3. The van der Waals surface area contributed by atoms with Gasteiger partial charge in [-0.1, -0.05) is 178 Å². The van der Waals surface area contributed by atoms with E-state index in [0.717, 1.165) is 34.0 Å². The second-order valence-corrected chi connectivity index (χ2v) is 17.4. The van der Waals surface area contributed by atoms with Gasteiger partial charge in [-0.05, 0) is 139 Å². The van der Waals surface area contributed by atoms with Crippen LogP contribution in [0.15, 0.2) is 218 Å². The van der Waals surface area contributed by atoms with Gasteiger partial charge in [-0.3, -0.25) is 0 Å². The molecule has 0 unspecified atom stereocenters. The van der Waals surface area contributed by atoms with Crippen molar-refractivity contribution in [2.75, 3.05) is 9.80 Å². The van der Waals surface area contributed by atoms with E-state index in [9.17, 15) is 0 Å². The molecular formula is C61H44N2. The van der Waals surface area contributed by atoms with Crippen LogP contribution >= 0.6 is 0 Å². The lowest BCUT2D eigenvalue weighted by atomic mass is 9.81. The summed E-state index contributed by atoms with van der Waals surface area (Å²) < 4.78 is 0. The van der Waals surface area contributed by atoms with Gasteiger partial charge in [-0.2, -0.15) is 0 Å². The van der Waals surface area contributed by atoms with Crippen molar-refractivity contribution in [2.24, 2.45) is 0 Å². The first-order valence-corrected chi connectivity index (χ1v) is 21.9. The van der Waals surface area contributed by atoms with Gasteiger partial charge in [0.25, 0.3) is 0 Å². The SMILES string of the molecule is CC1(C)c2cc(/C=C/c3ccc(N(c4ccc5ccccc5c4)c4ccc5c6c(cccc46)-c4ccccc4-5)cc3)ccc2-c2ccc(N(c3ccccc3)c3ccccc3)cc21. The molecule has 10 aromatic carbocycles. The lowest BCUT2D eigenvalue weighted by molar-refractivity contribution is 0.660. The molecule has 298 valence electrons. The summed E-state index contributed by atoms with van der Waals surface area (Å²) in [6, 6.07) is 79.9. The van der Waals surface area contributed by atoms with Gasteiger partial charge in [0, 0.05) is 39.2 Å². The first-order valence-electron chi connectivity index (χ1n) is 21.9. The van der Waals surface area contributed by atoms with Crippen LogP contribution in [0, 0.1) is 0 Å². The van der Waals surface area contributed by atoms with Crippen LogP contribution < -0.4 is 9.80 Å². The minimum absolute atomic E-state index is 0.164. The van der Waals surface area contributed by atoms with Crippen molar-refractivity contribution in [3.63, 3.8) is 0 Å². The molecule has 0 radical (unpaired) electrons. The molecule has 12 rings (SSSR count). The van der Waals surface area contributed by atoms with Crippen LogP contribution in [0.5, 0.6) is 0 Å². The Balaban J connectivity index is 0.874. The Morgan fingerprint density at radius 1 is 0.333 bits per heavy atom. The Morgan fingerprint density at radius 2 is 0.841 bits per heavy atom. The minimum Gasteiger partial charge on any atom is -0.310 e. The maximum Gasteiger partial charge on any atom is 0.0540 e. The van der Waals surface area contributed by atoms with Crippen molar-refractivity contribution in [1.82, 2.24) is 0 Å². The van der Waals surface area contributed by atoms with E-state index in [2.05, 4.69) is 254 Å². The quantitative estimate of drug-likeness (QED) is 0.141. The van der Waals surface area contributed by atoms with Gasteiger partial charge < -0.3 is 9.80 Å². The summed E-state index contributed by atoms with van der Waals surface area (Å²) in [7, 11) is 0. The number of nitrogens with zero attached hydrogens (tertiary/aromatic N) is 2. The third kappa shape index (κ3) is 6.09. The standard InChI is InChI=1S/C61H44N2/c1-61(2)57-38-42(28-34-52(57)53-35-33-49(40-58(53)61)62(45-16-5-3-6-17-45)46-18-7-4-8-19-46)25-24-41-26-30-47(31-27-41)63(48-32-29-43-14-9-10-15-44(43)39-48)59-37-36-55-51-21-12-11-20-50(51)54-22-13-23-56(59)60(54)55/h3-40H,1-2H3/b25-24+. The molecule has 10 aromatic rings. The van der Waals surface area contributed by atoms with Crippen LogP contribution in [0.1, 0.15) is 36.1 Å². The van der Waals surface area contributed by atoms with E-state index in [1.165, 1.54) is 77.3 Å².